The smallest absolute Gasteiger partial charge is 0.261 e. The highest BCUT2D eigenvalue weighted by molar-refractivity contribution is 5.94. The first-order chi connectivity index (χ1) is 10.7. The number of carbonyl (C=O) groups excluding carboxylic acids is 1. The van der Waals surface area contributed by atoms with Gasteiger partial charge in [-0.05, 0) is 36.2 Å². The number of rotatable bonds is 5. The number of pyridine rings is 1. The predicted molar refractivity (Wildman–Crippen MR) is 79.4 cm³/mol. The zero-order valence-electron chi connectivity index (χ0n) is 11.6. The van der Waals surface area contributed by atoms with Crippen molar-refractivity contribution in [3.05, 3.63) is 64.4 Å². The van der Waals surface area contributed by atoms with Crippen molar-refractivity contribution in [1.82, 2.24) is 20.5 Å². The predicted octanol–water partition coefficient (Wildman–Crippen LogP) is 1.33. The van der Waals surface area contributed by atoms with Crippen LogP contribution < -0.4 is 10.9 Å². The van der Waals surface area contributed by atoms with E-state index in [1.54, 1.807) is 30.6 Å². The van der Waals surface area contributed by atoms with Crippen LogP contribution in [-0.4, -0.2) is 27.6 Å². The number of aromatic amines is 2. The highest BCUT2D eigenvalue weighted by atomic mass is 16.3. The number of nitrogens with zero attached hydrogens (tertiary/aromatic N) is 1. The zero-order chi connectivity index (χ0) is 15.4. The molecular formula is C15H14N4O3. The van der Waals surface area contributed by atoms with Gasteiger partial charge in [0.05, 0.1) is 18.2 Å². The Morgan fingerprint density at radius 3 is 2.91 bits per heavy atom. The lowest BCUT2D eigenvalue weighted by Gasteiger charge is -2.04. The molecule has 3 rings (SSSR count). The molecule has 0 aliphatic carbocycles. The van der Waals surface area contributed by atoms with Gasteiger partial charge in [0.1, 0.15) is 11.3 Å². The third-order valence-electron chi connectivity index (χ3n) is 3.19. The van der Waals surface area contributed by atoms with Gasteiger partial charge >= 0.3 is 0 Å². The fourth-order valence-corrected chi connectivity index (χ4v) is 2.06. The van der Waals surface area contributed by atoms with Gasteiger partial charge in [0.25, 0.3) is 11.5 Å². The fourth-order valence-electron chi connectivity index (χ4n) is 2.06. The summed E-state index contributed by atoms with van der Waals surface area (Å²) in [6.45, 7) is 0.428. The highest BCUT2D eigenvalue weighted by Crippen LogP contribution is 2.15. The van der Waals surface area contributed by atoms with Gasteiger partial charge in [-0.2, -0.15) is 5.10 Å². The van der Waals surface area contributed by atoms with Crippen LogP contribution in [0.15, 0.2) is 52.1 Å². The van der Waals surface area contributed by atoms with E-state index in [1.165, 1.54) is 12.3 Å². The molecular weight excluding hydrogens is 284 g/mol. The summed E-state index contributed by atoms with van der Waals surface area (Å²) in [6.07, 6.45) is 5.61. The Kier molecular flexibility index (Phi) is 3.86. The molecule has 3 heterocycles. The van der Waals surface area contributed by atoms with Crippen molar-refractivity contribution in [1.29, 1.82) is 0 Å². The van der Waals surface area contributed by atoms with E-state index in [9.17, 15) is 9.59 Å². The van der Waals surface area contributed by atoms with Crippen molar-refractivity contribution in [2.24, 2.45) is 0 Å². The SMILES string of the molecule is O=C(NCCc1cn[nH]c1)c1ccc(-c2ccco2)[nH]c1=O. The summed E-state index contributed by atoms with van der Waals surface area (Å²) < 4.78 is 5.20. The Balaban J connectivity index is 1.66. The van der Waals surface area contributed by atoms with Crippen LogP contribution in [0.4, 0.5) is 0 Å². The van der Waals surface area contributed by atoms with E-state index in [4.69, 9.17) is 4.42 Å². The molecule has 3 aromatic heterocycles. The molecule has 3 aromatic rings. The summed E-state index contributed by atoms with van der Waals surface area (Å²) in [5.41, 5.74) is 1.14. The summed E-state index contributed by atoms with van der Waals surface area (Å²) in [6, 6.07) is 6.59. The second kappa shape index (κ2) is 6.13. The number of hydrogen-bond donors (Lipinski definition) is 3. The highest BCUT2D eigenvalue weighted by Gasteiger charge is 2.11. The number of hydrogen-bond acceptors (Lipinski definition) is 4. The number of aromatic nitrogens is 3. The summed E-state index contributed by atoms with van der Waals surface area (Å²) in [5.74, 6) is 0.139. The van der Waals surface area contributed by atoms with Gasteiger partial charge in [-0.15, -0.1) is 0 Å². The first kappa shape index (κ1) is 13.9. The van der Waals surface area contributed by atoms with E-state index >= 15 is 0 Å². The molecule has 0 saturated heterocycles. The average molecular weight is 298 g/mol. The molecule has 112 valence electrons. The number of amides is 1. The van der Waals surface area contributed by atoms with Gasteiger partial charge in [0.15, 0.2) is 0 Å². The van der Waals surface area contributed by atoms with Crippen molar-refractivity contribution >= 4 is 5.91 Å². The minimum Gasteiger partial charge on any atom is -0.463 e. The monoisotopic (exact) mass is 298 g/mol. The Hall–Kier alpha value is -3.09. The lowest BCUT2D eigenvalue weighted by Crippen LogP contribution is -2.31. The van der Waals surface area contributed by atoms with E-state index in [0.29, 0.717) is 24.4 Å². The first-order valence-electron chi connectivity index (χ1n) is 6.77. The maximum absolute atomic E-state index is 12.0. The van der Waals surface area contributed by atoms with Gasteiger partial charge < -0.3 is 14.7 Å². The molecule has 7 nitrogen and oxygen atoms in total. The largest absolute Gasteiger partial charge is 0.463 e. The maximum atomic E-state index is 12.0. The molecule has 0 radical (unpaired) electrons. The molecule has 0 aromatic carbocycles. The third kappa shape index (κ3) is 2.98. The topological polar surface area (TPSA) is 104 Å². The fraction of sp³-hybridized carbons (Fsp3) is 0.133. The van der Waals surface area contributed by atoms with Gasteiger partial charge in [-0.1, -0.05) is 0 Å². The zero-order valence-corrected chi connectivity index (χ0v) is 11.6. The van der Waals surface area contributed by atoms with Crippen LogP contribution in [0.2, 0.25) is 0 Å². The summed E-state index contributed by atoms with van der Waals surface area (Å²) in [7, 11) is 0. The Bertz CT molecular complexity index is 804. The van der Waals surface area contributed by atoms with Gasteiger partial charge in [-0.3, -0.25) is 14.7 Å². The van der Waals surface area contributed by atoms with E-state index in [2.05, 4.69) is 20.5 Å². The second-order valence-corrected chi connectivity index (χ2v) is 4.70. The summed E-state index contributed by atoms with van der Waals surface area (Å²) >= 11 is 0. The summed E-state index contributed by atoms with van der Waals surface area (Å²) in [4.78, 5) is 26.6. The van der Waals surface area contributed by atoms with Crippen LogP contribution >= 0.6 is 0 Å². The van der Waals surface area contributed by atoms with Crippen LogP contribution in [-0.2, 0) is 6.42 Å². The molecule has 22 heavy (non-hydrogen) atoms. The molecule has 3 N–H and O–H groups in total. The van der Waals surface area contributed by atoms with Crippen molar-refractivity contribution in [2.45, 2.75) is 6.42 Å². The lowest BCUT2D eigenvalue weighted by atomic mass is 10.2. The lowest BCUT2D eigenvalue weighted by molar-refractivity contribution is 0.0952. The van der Waals surface area contributed by atoms with Gasteiger partial charge in [-0.25, -0.2) is 0 Å². The molecule has 1 amide bonds. The Morgan fingerprint density at radius 2 is 2.23 bits per heavy atom. The first-order valence-corrected chi connectivity index (χ1v) is 6.77. The van der Waals surface area contributed by atoms with E-state index in [1.807, 2.05) is 0 Å². The molecule has 0 aliphatic rings. The van der Waals surface area contributed by atoms with Gasteiger partial charge in [0.2, 0.25) is 0 Å². The van der Waals surface area contributed by atoms with E-state index < -0.39 is 11.5 Å². The number of carbonyl (C=O) groups is 1. The Morgan fingerprint density at radius 1 is 1.32 bits per heavy atom. The van der Waals surface area contributed by atoms with Crippen LogP contribution in [0.1, 0.15) is 15.9 Å². The van der Waals surface area contributed by atoms with Crippen molar-refractivity contribution < 1.29 is 9.21 Å². The molecule has 0 spiro atoms. The molecule has 0 saturated carbocycles. The molecule has 0 bridgehead atoms. The van der Waals surface area contributed by atoms with Crippen LogP contribution in [0.5, 0.6) is 0 Å². The minimum atomic E-state index is -0.449. The van der Waals surface area contributed by atoms with E-state index in [0.717, 1.165) is 5.56 Å². The minimum absolute atomic E-state index is 0.0718. The standard InChI is InChI=1S/C15H14N4O3/c20-14(16-6-5-10-8-17-18-9-10)11-3-4-12(19-15(11)21)13-2-1-7-22-13/h1-4,7-9H,5-6H2,(H,16,20)(H,17,18)(H,19,21). The normalized spacial score (nSPS) is 10.5. The number of furan rings is 1. The Labute approximate surface area is 125 Å². The molecule has 0 fully saturated rings. The van der Waals surface area contributed by atoms with Crippen molar-refractivity contribution in [3.63, 3.8) is 0 Å². The number of nitrogens with one attached hydrogen (secondary N) is 3. The average Bonchev–Trinajstić information content (AvgIpc) is 3.20. The van der Waals surface area contributed by atoms with E-state index in [-0.39, 0.29) is 5.56 Å². The quantitative estimate of drug-likeness (QED) is 0.661. The van der Waals surface area contributed by atoms with Gasteiger partial charge in [0, 0.05) is 12.7 Å². The van der Waals surface area contributed by atoms with Crippen LogP contribution in [0, 0.1) is 0 Å². The second-order valence-electron chi connectivity index (χ2n) is 4.70. The number of H-pyrrole nitrogens is 2. The molecule has 0 unspecified atom stereocenters. The van der Waals surface area contributed by atoms with Crippen LogP contribution in [0.25, 0.3) is 11.5 Å². The van der Waals surface area contributed by atoms with Crippen molar-refractivity contribution in [3.8, 4) is 11.5 Å². The molecule has 0 atom stereocenters. The third-order valence-corrected chi connectivity index (χ3v) is 3.19. The molecule has 0 aliphatic heterocycles. The van der Waals surface area contributed by atoms with Crippen molar-refractivity contribution in [2.75, 3.05) is 6.54 Å². The van der Waals surface area contributed by atoms with Crippen LogP contribution in [0.3, 0.4) is 0 Å². The molecule has 7 heteroatoms. The summed E-state index contributed by atoms with van der Waals surface area (Å²) in [5, 5.41) is 9.23. The maximum Gasteiger partial charge on any atom is 0.261 e.